The van der Waals surface area contributed by atoms with E-state index in [1.165, 1.54) is 36.8 Å². The van der Waals surface area contributed by atoms with Crippen molar-refractivity contribution in [3.63, 3.8) is 0 Å². The van der Waals surface area contributed by atoms with E-state index in [1.54, 1.807) is 17.6 Å². The van der Waals surface area contributed by atoms with E-state index in [-0.39, 0.29) is 12.2 Å². The Balaban J connectivity index is 1.64. The van der Waals surface area contributed by atoms with Gasteiger partial charge in [-0.05, 0) is 63.1 Å². The zero-order valence-electron chi connectivity index (χ0n) is 14.9. The number of carbonyl (C=O) groups is 1. The number of hydrogen-bond acceptors (Lipinski definition) is 3. The van der Waals surface area contributed by atoms with Gasteiger partial charge in [-0.25, -0.2) is 4.79 Å². The quantitative estimate of drug-likeness (QED) is 0.755. The van der Waals surface area contributed by atoms with Gasteiger partial charge in [0, 0.05) is 12.8 Å². The maximum Gasteiger partial charge on any atom is 0.414 e. The van der Waals surface area contributed by atoms with Crippen molar-refractivity contribution in [3.8, 4) is 0 Å². The fourth-order valence-corrected chi connectivity index (χ4v) is 3.73. The molecule has 1 heterocycles. The van der Waals surface area contributed by atoms with Gasteiger partial charge in [0.2, 0.25) is 0 Å². The summed E-state index contributed by atoms with van der Waals surface area (Å²) in [7, 11) is 1.62. The zero-order chi connectivity index (χ0) is 17.1. The molecule has 1 saturated heterocycles. The Morgan fingerprint density at radius 2 is 1.88 bits per heavy atom. The summed E-state index contributed by atoms with van der Waals surface area (Å²) >= 11 is 0. The first kappa shape index (κ1) is 17.0. The predicted molar refractivity (Wildman–Crippen MR) is 95.5 cm³/mol. The molecule has 0 N–H and O–H groups in total. The molecule has 130 valence electrons. The number of nitrogens with zero attached hydrogens (tertiary/aromatic N) is 1. The van der Waals surface area contributed by atoms with Crippen LogP contribution in [0, 0.1) is 0 Å². The van der Waals surface area contributed by atoms with Gasteiger partial charge in [-0.2, -0.15) is 0 Å². The van der Waals surface area contributed by atoms with Gasteiger partial charge in [-0.1, -0.05) is 23.3 Å². The third-order valence-corrected chi connectivity index (χ3v) is 5.20. The second-order valence-corrected chi connectivity index (χ2v) is 7.04. The third-order valence-electron chi connectivity index (χ3n) is 5.20. The Labute approximate surface area is 144 Å². The highest BCUT2D eigenvalue weighted by Gasteiger charge is 2.32. The fraction of sp³-hybridized carbons (Fsp3) is 0.550. The minimum absolute atomic E-state index is 0.178. The molecule has 3 rings (SSSR count). The van der Waals surface area contributed by atoms with Gasteiger partial charge in [0.1, 0.15) is 6.10 Å². The maximum atomic E-state index is 12.0. The Morgan fingerprint density at radius 1 is 1.21 bits per heavy atom. The third kappa shape index (κ3) is 3.64. The van der Waals surface area contributed by atoms with Crippen LogP contribution in [-0.2, 0) is 9.47 Å². The summed E-state index contributed by atoms with van der Waals surface area (Å²) in [5.41, 5.74) is 5.41. The van der Waals surface area contributed by atoms with Gasteiger partial charge in [0.15, 0.2) is 0 Å². The van der Waals surface area contributed by atoms with Crippen molar-refractivity contribution < 1.29 is 14.3 Å². The molecule has 1 aliphatic carbocycles. The monoisotopic (exact) mass is 329 g/mol. The molecule has 4 heteroatoms. The molecule has 0 spiro atoms. The molecule has 1 aromatic carbocycles. The highest BCUT2D eigenvalue weighted by molar-refractivity contribution is 5.89. The molecule has 0 aromatic heterocycles. The average Bonchev–Trinajstić information content (AvgIpc) is 2.96. The Kier molecular flexibility index (Phi) is 5.24. The molecule has 0 unspecified atom stereocenters. The first-order chi connectivity index (χ1) is 11.6. The van der Waals surface area contributed by atoms with Crippen molar-refractivity contribution in [3.05, 3.63) is 41.0 Å². The minimum atomic E-state index is -0.282. The minimum Gasteiger partial charge on any atom is -0.441 e. The molecule has 1 aliphatic heterocycles. The van der Waals surface area contributed by atoms with E-state index in [4.69, 9.17) is 9.47 Å². The number of rotatable bonds is 4. The normalized spacial score (nSPS) is 24.2. The van der Waals surface area contributed by atoms with Crippen LogP contribution in [0.5, 0.6) is 0 Å². The van der Waals surface area contributed by atoms with E-state index >= 15 is 0 Å². The van der Waals surface area contributed by atoms with Crippen LogP contribution in [-0.4, -0.2) is 32.5 Å². The molecule has 1 amide bonds. The van der Waals surface area contributed by atoms with Crippen LogP contribution in [0.1, 0.15) is 51.0 Å². The molecule has 0 bridgehead atoms. The van der Waals surface area contributed by atoms with Crippen LogP contribution in [0.2, 0.25) is 0 Å². The summed E-state index contributed by atoms with van der Waals surface area (Å²) in [6, 6.07) is 8.43. The van der Waals surface area contributed by atoms with Crippen LogP contribution in [0.3, 0.4) is 0 Å². The summed E-state index contributed by atoms with van der Waals surface area (Å²) in [6.45, 7) is 5.43. The van der Waals surface area contributed by atoms with Crippen molar-refractivity contribution in [2.24, 2.45) is 0 Å². The number of ether oxygens (including phenoxy) is 2. The SMILES string of the molecule is COC[C@@H]1CN(c2ccc(C3CCC(=C(C)C)CC3)cc2)C(=O)O1. The van der Waals surface area contributed by atoms with E-state index in [0.29, 0.717) is 19.1 Å². The standard InChI is InChI=1S/C20H27NO3/c1-14(2)15-4-6-16(7-5-15)17-8-10-18(11-9-17)21-12-19(13-23-3)24-20(21)22/h8-11,16,19H,4-7,12-13H2,1-3H3/t19-/m0/s1. The van der Waals surface area contributed by atoms with Crippen molar-refractivity contribution in [1.82, 2.24) is 0 Å². The lowest BCUT2D eigenvalue weighted by Crippen LogP contribution is -2.25. The lowest BCUT2D eigenvalue weighted by Gasteiger charge is -2.25. The molecule has 1 atom stereocenters. The predicted octanol–water partition coefficient (Wildman–Crippen LogP) is 4.65. The van der Waals surface area contributed by atoms with Gasteiger partial charge in [0.05, 0.1) is 13.2 Å². The second kappa shape index (κ2) is 7.39. The maximum absolute atomic E-state index is 12.0. The highest BCUT2D eigenvalue weighted by Crippen LogP contribution is 2.37. The van der Waals surface area contributed by atoms with Crippen molar-refractivity contribution in [2.45, 2.75) is 51.6 Å². The lowest BCUT2D eigenvalue weighted by molar-refractivity contribution is 0.0718. The number of methoxy groups -OCH3 is 1. The van der Waals surface area contributed by atoms with Crippen LogP contribution < -0.4 is 4.90 Å². The molecule has 1 saturated carbocycles. The molecule has 1 aromatic rings. The van der Waals surface area contributed by atoms with Gasteiger partial charge in [0.25, 0.3) is 0 Å². The number of benzene rings is 1. The van der Waals surface area contributed by atoms with Crippen molar-refractivity contribution in [2.75, 3.05) is 25.2 Å². The molecule has 2 fully saturated rings. The van der Waals surface area contributed by atoms with E-state index in [1.807, 2.05) is 12.1 Å². The van der Waals surface area contributed by atoms with Crippen LogP contribution in [0.4, 0.5) is 10.5 Å². The number of hydrogen-bond donors (Lipinski definition) is 0. The summed E-state index contributed by atoms with van der Waals surface area (Å²) in [6.07, 6.45) is 4.42. The van der Waals surface area contributed by atoms with Crippen LogP contribution in [0.15, 0.2) is 35.4 Å². The van der Waals surface area contributed by atoms with E-state index in [2.05, 4.69) is 26.0 Å². The summed E-state index contributed by atoms with van der Waals surface area (Å²) in [5, 5.41) is 0. The Bertz CT molecular complexity index is 606. The number of anilines is 1. The topological polar surface area (TPSA) is 38.8 Å². The number of allylic oxidation sites excluding steroid dienone is 2. The molecule has 2 aliphatic rings. The summed E-state index contributed by atoms with van der Waals surface area (Å²) in [5.74, 6) is 0.633. The molecule has 4 nitrogen and oxygen atoms in total. The lowest BCUT2D eigenvalue weighted by atomic mass is 9.80. The molecular formula is C20H27NO3. The second-order valence-electron chi connectivity index (χ2n) is 7.04. The van der Waals surface area contributed by atoms with Crippen LogP contribution in [0.25, 0.3) is 0 Å². The fourth-order valence-electron chi connectivity index (χ4n) is 3.73. The molecule has 24 heavy (non-hydrogen) atoms. The van der Waals surface area contributed by atoms with Gasteiger partial charge in [-0.3, -0.25) is 4.90 Å². The van der Waals surface area contributed by atoms with Crippen molar-refractivity contribution >= 4 is 11.8 Å². The zero-order valence-corrected chi connectivity index (χ0v) is 14.9. The summed E-state index contributed by atoms with van der Waals surface area (Å²) < 4.78 is 10.4. The first-order valence-corrected chi connectivity index (χ1v) is 8.80. The van der Waals surface area contributed by atoms with Gasteiger partial charge < -0.3 is 9.47 Å². The molecule has 0 radical (unpaired) electrons. The van der Waals surface area contributed by atoms with Gasteiger partial charge in [-0.15, -0.1) is 0 Å². The number of carbonyl (C=O) groups excluding carboxylic acids is 1. The number of amides is 1. The number of cyclic esters (lactones) is 1. The average molecular weight is 329 g/mol. The van der Waals surface area contributed by atoms with E-state index in [9.17, 15) is 4.79 Å². The molecular weight excluding hydrogens is 302 g/mol. The first-order valence-electron chi connectivity index (χ1n) is 8.80. The highest BCUT2D eigenvalue weighted by atomic mass is 16.6. The van der Waals surface area contributed by atoms with Crippen LogP contribution >= 0.6 is 0 Å². The Morgan fingerprint density at radius 3 is 2.46 bits per heavy atom. The Hall–Kier alpha value is -1.81. The van der Waals surface area contributed by atoms with Crippen molar-refractivity contribution in [1.29, 1.82) is 0 Å². The smallest absolute Gasteiger partial charge is 0.414 e. The van der Waals surface area contributed by atoms with Gasteiger partial charge >= 0.3 is 6.09 Å². The van der Waals surface area contributed by atoms with E-state index in [0.717, 1.165) is 5.69 Å². The largest absolute Gasteiger partial charge is 0.441 e. The summed E-state index contributed by atoms with van der Waals surface area (Å²) in [4.78, 5) is 13.7. The van der Waals surface area contributed by atoms with E-state index < -0.39 is 0 Å².